The monoisotopic (exact) mass is 213 g/mol. The molecule has 2 aliphatic rings. The minimum Gasteiger partial charge on any atom is -0.411 e. The predicted molar refractivity (Wildman–Crippen MR) is 56.1 cm³/mol. The van der Waals surface area contributed by atoms with E-state index in [1.165, 1.54) is 6.42 Å². The van der Waals surface area contributed by atoms with Gasteiger partial charge in [0.2, 0.25) is 0 Å². The van der Waals surface area contributed by atoms with Crippen molar-refractivity contribution in [3.05, 3.63) is 0 Å². The Labute approximate surface area is 90.2 Å². The fourth-order valence-corrected chi connectivity index (χ4v) is 2.42. The van der Waals surface area contributed by atoms with Gasteiger partial charge in [-0.2, -0.15) is 0 Å². The van der Waals surface area contributed by atoms with Gasteiger partial charge in [-0.15, -0.1) is 0 Å². The third kappa shape index (κ3) is 2.92. The molecule has 1 saturated carbocycles. The average Bonchev–Trinajstić information content (AvgIpc) is 2.79. The Bertz CT molecular complexity index is 224. The number of ether oxygens (including phenoxy) is 2. The predicted octanol–water partition coefficient (Wildman–Crippen LogP) is 2.16. The van der Waals surface area contributed by atoms with Crippen LogP contribution in [0.25, 0.3) is 0 Å². The molecule has 2 fully saturated rings. The van der Waals surface area contributed by atoms with Gasteiger partial charge < -0.3 is 14.7 Å². The molecule has 15 heavy (non-hydrogen) atoms. The summed E-state index contributed by atoms with van der Waals surface area (Å²) in [6.45, 7) is 1.44. The number of hydrogen-bond acceptors (Lipinski definition) is 4. The molecule has 0 radical (unpaired) electrons. The molecule has 4 heteroatoms. The maximum absolute atomic E-state index is 8.88. The molecule has 0 aromatic carbocycles. The van der Waals surface area contributed by atoms with E-state index in [0.29, 0.717) is 5.92 Å². The van der Waals surface area contributed by atoms with E-state index in [2.05, 4.69) is 5.16 Å². The molecule has 0 aromatic heterocycles. The van der Waals surface area contributed by atoms with Crippen molar-refractivity contribution in [1.29, 1.82) is 0 Å². The van der Waals surface area contributed by atoms with Gasteiger partial charge in [0.1, 0.15) is 0 Å². The lowest BCUT2D eigenvalue weighted by atomic mass is 9.84. The first-order valence-corrected chi connectivity index (χ1v) is 5.84. The molecular weight excluding hydrogens is 194 g/mol. The third-order valence-corrected chi connectivity index (χ3v) is 3.28. The summed E-state index contributed by atoms with van der Waals surface area (Å²) < 4.78 is 10.8. The van der Waals surface area contributed by atoms with Crippen LogP contribution < -0.4 is 0 Å². The molecule has 4 nitrogen and oxygen atoms in total. The van der Waals surface area contributed by atoms with Crippen molar-refractivity contribution in [2.45, 2.75) is 44.8 Å². The lowest BCUT2D eigenvalue weighted by molar-refractivity contribution is -0.0492. The van der Waals surface area contributed by atoms with E-state index < -0.39 is 0 Å². The van der Waals surface area contributed by atoms with E-state index in [-0.39, 0.29) is 6.29 Å². The Balaban J connectivity index is 1.76. The largest absolute Gasteiger partial charge is 0.411 e. The van der Waals surface area contributed by atoms with Gasteiger partial charge in [-0.1, -0.05) is 11.6 Å². The first kappa shape index (κ1) is 10.9. The first-order chi connectivity index (χ1) is 7.40. The molecule has 0 amide bonds. The van der Waals surface area contributed by atoms with Gasteiger partial charge in [0.05, 0.1) is 18.9 Å². The van der Waals surface area contributed by atoms with E-state index >= 15 is 0 Å². The zero-order valence-corrected chi connectivity index (χ0v) is 9.02. The quantitative estimate of drug-likeness (QED) is 0.577. The van der Waals surface area contributed by atoms with E-state index in [9.17, 15) is 0 Å². The molecular formula is C11H19NO3. The van der Waals surface area contributed by atoms with E-state index in [1.54, 1.807) is 0 Å². The van der Waals surface area contributed by atoms with Crippen molar-refractivity contribution in [2.75, 3.05) is 13.2 Å². The van der Waals surface area contributed by atoms with Gasteiger partial charge >= 0.3 is 0 Å². The lowest BCUT2D eigenvalue weighted by Crippen LogP contribution is -2.21. The first-order valence-electron chi connectivity index (χ1n) is 5.84. The van der Waals surface area contributed by atoms with Gasteiger partial charge in [-0.25, -0.2) is 0 Å². The number of nitrogens with zero attached hydrogens (tertiary/aromatic N) is 1. The maximum Gasteiger partial charge on any atom is 0.157 e. The van der Waals surface area contributed by atoms with Crippen LogP contribution in [0.1, 0.15) is 38.5 Å². The second kappa shape index (κ2) is 5.47. The van der Waals surface area contributed by atoms with Crippen LogP contribution in [0.2, 0.25) is 0 Å². The average molecular weight is 213 g/mol. The smallest absolute Gasteiger partial charge is 0.157 e. The Kier molecular flexibility index (Phi) is 3.97. The van der Waals surface area contributed by atoms with E-state index in [0.717, 1.165) is 51.0 Å². The Hall–Kier alpha value is -0.610. The third-order valence-electron chi connectivity index (χ3n) is 3.28. The van der Waals surface area contributed by atoms with Gasteiger partial charge in [-0.05, 0) is 32.1 Å². The van der Waals surface area contributed by atoms with Crippen LogP contribution in [0.4, 0.5) is 0 Å². The molecule has 0 bridgehead atoms. The number of oxime groups is 1. The molecule has 1 heterocycles. The van der Waals surface area contributed by atoms with Gasteiger partial charge in [-0.3, -0.25) is 0 Å². The van der Waals surface area contributed by atoms with Crippen molar-refractivity contribution in [2.24, 2.45) is 11.1 Å². The fraction of sp³-hybridized carbons (Fsp3) is 0.909. The van der Waals surface area contributed by atoms with Crippen LogP contribution in [-0.2, 0) is 9.47 Å². The van der Waals surface area contributed by atoms with Crippen molar-refractivity contribution in [3.8, 4) is 0 Å². The highest BCUT2D eigenvalue weighted by Crippen LogP contribution is 2.27. The minimum atomic E-state index is -0.0214. The Morgan fingerprint density at radius 1 is 1.20 bits per heavy atom. The summed E-state index contributed by atoms with van der Waals surface area (Å²) >= 11 is 0. The highest BCUT2D eigenvalue weighted by atomic mass is 16.7. The van der Waals surface area contributed by atoms with Crippen LogP contribution in [0.15, 0.2) is 5.16 Å². The summed E-state index contributed by atoms with van der Waals surface area (Å²) in [6, 6.07) is 0. The van der Waals surface area contributed by atoms with Crippen LogP contribution in [0, 0.1) is 5.92 Å². The zero-order chi connectivity index (χ0) is 10.5. The van der Waals surface area contributed by atoms with Crippen LogP contribution in [0.3, 0.4) is 0 Å². The zero-order valence-electron chi connectivity index (χ0n) is 9.02. The molecule has 0 aromatic rings. The molecule has 1 aliphatic heterocycles. The summed E-state index contributed by atoms with van der Waals surface area (Å²) in [6.07, 6.45) is 6.42. The topological polar surface area (TPSA) is 51.1 Å². The van der Waals surface area contributed by atoms with Crippen molar-refractivity contribution in [3.63, 3.8) is 0 Å². The van der Waals surface area contributed by atoms with Crippen LogP contribution in [-0.4, -0.2) is 30.4 Å². The lowest BCUT2D eigenvalue weighted by Gasteiger charge is -2.23. The van der Waals surface area contributed by atoms with Gasteiger partial charge in [0.15, 0.2) is 6.29 Å². The number of rotatable bonds is 3. The van der Waals surface area contributed by atoms with E-state index in [4.69, 9.17) is 14.7 Å². The SMILES string of the molecule is ON=C1CCCCC1CCC1OCCO1. The van der Waals surface area contributed by atoms with Crippen LogP contribution in [0.5, 0.6) is 0 Å². The van der Waals surface area contributed by atoms with Crippen LogP contribution >= 0.6 is 0 Å². The highest BCUT2D eigenvalue weighted by Gasteiger charge is 2.23. The fourth-order valence-electron chi connectivity index (χ4n) is 2.42. The molecule has 2 rings (SSSR count). The second-order valence-corrected chi connectivity index (χ2v) is 4.28. The Morgan fingerprint density at radius 3 is 2.73 bits per heavy atom. The highest BCUT2D eigenvalue weighted by molar-refractivity contribution is 5.86. The molecule has 1 aliphatic carbocycles. The molecule has 1 unspecified atom stereocenters. The summed E-state index contributed by atoms with van der Waals surface area (Å²) in [7, 11) is 0. The summed E-state index contributed by atoms with van der Waals surface area (Å²) in [5.41, 5.74) is 0.972. The minimum absolute atomic E-state index is 0.0214. The van der Waals surface area contributed by atoms with Gasteiger partial charge in [0.25, 0.3) is 0 Å². The van der Waals surface area contributed by atoms with Gasteiger partial charge in [0, 0.05) is 5.92 Å². The Morgan fingerprint density at radius 2 is 2.00 bits per heavy atom. The molecule has 86 valence electrons. The second-order valence-electron chi connectivity index (χ2n) is 4.28. The van der Waals surface area contributed by atoms with Crippen molar-refractivity contribution in [1.82, 2.24) is 0 Å². The molecule has 1 saturated heterocycles. The van der Waals surface area contributed by atoms with E-state index in [1.807, 2.05) is 0 Å². The summed E-state index contributed by atoms with van der Waals surface area (Å²) in [5.74, 6) is 0.441. The molecule has 1 N–H and O–H groups in total. The van der Waals surface area contributed by atoms with Crippen molar-refractivity contribution < 1.29 is 14.7 Å². The maximum atomic E-state index is 8.88. The number of hydrogen-bond donors (Lipinski definition) is 1. The standard InChI is InChI=1S/C11H19NO3/c13-12-10-4-2-1-3-9(10)5-6-11-14-7-8-15-11/h9,11,13H,1-8H2. The summed E-state index contributed by atoms with van der Waals surface area (Å²) in [5, 5.41) is 12.3. The molecule has 1 atom stereocenters. The van der Waals surface area contributed by atoms with Crippen molar-refractivity contribution >= 4 is 5.71 Å². The molecule has 0 spiro atoms. The summed E-state index contributed by atoms with van der Waals surface area (Å²) in [4.78, 5) is 0. The normalized spacial score (nSPS) is 31.2.